The minimum atomic E-state index is -0.469. The Morgan fingerprint density at radius 2 is 1.86 bits per heavy atom. The minimum Gasteiger partial charge on any atom is -0.388 e. The molecule has 2 heteroatoms. The van der Waals surface area contributed by atoms with Crippen LogP contribution in [-0.2, 0) is 0 Å². The van der Waals surface area contributed by atoms with E-state index >= 15 is 0 Å². The molecule has 0 bridgehead atoms. The largest absolute Gasteiger partial charge is 0.388 e. The summed E-state index contributed by atoms with van der Waals surface area (Å²) in [7, 11) is 0. The van der Waals surface area contributed by atoms with Crippen molar-refractivity contribution >= 4 is 0 Å². The summed E-state index contributed by atoms with van der Waals surface area (Å²) in [5.74, 6) is 0. The molecule has 2 rings (SSSR count). The number of aliphatic hydroxyl groups is 1. The highest BCUT2D eigenvalue weighted by molar-refractivity contribution is 5.19. The molecule has 1 unspecified atom stereocenters. The van der Waals surface area contributed by atoms with Crippen molar-refractivity contribution in [3.63, 3.8) is 0 Å². The van der Waals surface area contributed by atoms with Crippen molar-refractivity contribution in [2.45, 2.75) is 25.5 Å². The molecule has 14 heavy (non-hydrogen) atoms. The Kier molecular flexibility index (Phi) is 2.33. The van der Waals surface area contributed by atoms with E-state index in [1.807, 2.05) is 13.0 Å². The lowest BCUT2D eigenvalue weighted by atomic mass is 9.93. The molecule has 1 heterocycles. The van der Waals surface area contributed by atoms with Crippen molar-refractivity contribution in [1.82, 2.24) is 4.90 Å². The first kappa shape index (κ1) is 9.69. The van der Waals surface area contributed by atoms with E-state index in [-0.39, 0.29) is 0 Å². The number of nitrogens with zero attached hydrogens (tertiary/aromatic N) is 1. The molecule has 0 spiro atoms. The fourth-order valence-electron chi connectivity index (χ4n) is 2.04. The third kappa shape index (κ3) is 1.81. The molecule has 1 fully saturated rings. The monoisotopic (exact) mass is 191 g/mol. The van der Waals surface area contributed by atoms with Crippen molar-refractivity contribution in [1.29, 1.82) is 0 Å². The van der Waals surface area contributed by atoms with Crippen LogP contribution in [0.1, 0.15) is 25.5 Å². The Balaban J connectivity index is 2.01. The van der Waals surface area contributed by atoms with E-state index in [1.54, 1.807) is 0 Å². The summed E-state index contributed by atoms with van der Waals surface area (Å²) in [6.45, 7) is 5.64. The van der Waals surface area contributed by atoms with E-state index in [9.17, 15) is 5.11 Å². The van der Waals surface area contributed by atoms with E-state index < -0.39 is 5.60 Å². The van der Waals surface area contributed by atoms with Gasteiger partial charge in [-0.1, -0.05) is 30.3 Å². The van der Waals surface area contributed by atoms with Crippen LogP contribution in [0.3, 0.4) is 0 Å². The maximum Gasteiger partial charge on any atom is 0.0872 e. The van der Waals surface area contributed by atoms with Crippen LogP contribution in [-0.4, -0.2) is 28.7 Å². The van der Waals surface area contributed by atoms with Crippen LogP contribution in [0.25, 0.3) is 0 Å². The van der Waals surface area contributed by atoms with Gasteiger partial charge in [-0.15, -0.1) is 0 Å². The normalized spacial score (nSPS) is 22.8. The zero-order valence-electron chi connectivity index (χ0n) is 8.77. The van der Waals surface area contributed by atoms with Gasteiger partial charge in [0.05, 0.1) is 5.60 Å². The van der Waals surface area contributed by atoms with Crippen LogP contribution in [0.15, 0.2) is 30.3 Å². The fourth-order valence-corrected chi connectivity index (χ4v) is 2.04. The lowest BCUT2D eigenvalue weighted by molar-refractivity contribution is -0.0999. The third-order valence-corrected chi connectivity index (χ3v) is 2.92. The zero-order valence-corrected chi connectivity index (χ0v) is 8.77. The van der Waals surface area contributed by atoms with Crippen molar-refractivity contribution in [2.24, 2.45) is 0 Å². The van der Waals surface area contributed by atoms with E-state index in [0.717, 1.165) is 13.1 Å². The van der Waals surface area contributed by atoms with Gasteiger partial charge in [0.1, 0.15) is 0 Å². The molecule has 1 aliphatic rings. The zero-order chi connectivity index (χ0) is 10.2. The summed E-state index contributed by atoms with van der Waals surface area (Å²) < 4.78 is 0. The van der Waals surface area contributed by atoms with E-state index in [2.05, 4.69) is 36.1 Å². The SMILES string of the molecule is CC(c1ccccc1)N1CC(C)(O)C1. The van der Waals surface area contributed by atoms with Crippen LogP contribution < -0.4 is 0 Å². The molecule has 0 aliphatic carbocycles. The van der Waals surface area contributed by atoms with Gasteiger partial charge in [-0.25, -0.2) is 0 Å². The standard InChI is InChI=1S/C12H17NO/c1-10(11-6-4-3-5-7-11)13-8-12(2,14)9-13/h3-7,10,14H,8-9H2,1-2H3. The number of likely N-dealkylation sites (tertiary alicyclic amines) is 1. The topological polar surface area (TPSA) is 23.5 Å². The van der Waals surface area contributed by atoms with Crippen molar-refractivity contribution in [2.75, 3.05) is 13.1 Å². The van der Waals surface area contributed by atoms with Crippen LogP contribution in [0.5, 0.6) is 0 Å². The van der Waals surface area contributed by atoms with Crippen LogP contribution in [0.2, 0.25) is 0 Å². The van der Waals surface area contributed by atoms with Gasteiger partial charge in [0.15, 0.2) is 0 Å². The molecule has 0 saturated carbocycles. The van der Waals surface area contributed by atoms with Gasteiger partial charge in [-0.2, -0.15) is 0 Å². The Morgan fingerprint density at radius 3 is 2.36 bits per heavy atom. The smallest absolute Gasteiger partial charge is 0.0872 e. The Labute approximate surface area is 85.2 Å². The predicted molar refractivity (Wildman–Crippen MR) is 57.1 cm³/mol. The average Bonchev–Trinajstić information content (AvgIpc) is 2.14. The third-order valence-electron chi connectivity index (χ3n) is 2.92. The van der Waals surface area contributed by atoms with E-state index in [1.165, 1.54) is 5.56 Å². The van der Waals surface area contributed by atoms with Crippen molar-refractivity contribution < 1.29 is 5.11 Å². The molecular weight excluding hydrogens is 174 g/mol. The van der Waals surface area contributed by atoms with Crippen LogP contribution in [0.4, 0.5) is 0 Å². The second kappa shape index (κ2) is 3.37. The first-order valence-corrected chi connectivity index (χ1v) is 5.10. The Bertz CT molecular complexity index is 299. The number of β-amino-alcohol motifs (C(OH)–C–C–N with tert-alkyl or cyclic N) is 1. The minimum absolute atomic E-state index is 0.413. The highest BCUT2D eigenvalue weighted by Gasteiger charge is 2.38. The van der Waals surface area contributed by atoms with Crippen molar-refractivity contribution in [3.8, 4) is 0 Å². The maximum absolute atomic E-state index is 9.64. The first-order chi connectivity index (χ1) is 6.58. The molecule has 1 aromatic rings. The summed E-state index contributed by atoms with van der Waals surface area (Å²) in [5.41, 5.74) is 0.853. The van der Waals surface area contributed by atoms with Crippen LogP contribution in [0, 0.1) is 0 Å². The molecule has 0 radical (unpaired) electrons. The van der Waals surface area contributed by atoms with Crippen LogP contribution >= 0.6 is 0 Å². The fraction of sp³-hybridized carbons (Fsp3) is 0.500. The lowest BCUT2D eigenvalue weighted by Gasteiger charge is -2.47. The summed E-state index contributed by atoms with van der Waals surface area (Å²) in [6.07, 6.45) is 0. The number of rotatable bonds is 2. The highest BCUT2D eigenvalue weighted by atomic mass is 16.3. The summed E-state index contributed by atoms with van der Waals surface area (Å²) in [4.78, 5) is 2.29. The van der Waals surface area contributed by atoms with Gasteiger partial charge in [0.25, 0.3) is 0 Å². The molecule has 1 N–H and O–H groups in total. The molecule has 1 saturated heterocycles. The highest BCUT2D eigenvalue weighted by Crippen LogP contribution is 2.30. The molecule has 0 aromatic heterocycles. The molecule has 2 nitrogen and oxygen atoms in total. The molecule has 1 atom stereocenters. The number of benzene rings is 1. The van der Waals surface area contributed by atoms with E-state index in [0.29, 0.717) is 6.04 Å². The first-order valence-electron chi connectivity index (χ1n) is 5.10. The molecule has 76 valence electrons. The van der Waals surface area contributed by atoms with Gasteiger partial charge < -0.3 is 5.11 Å². The average molecular weight is 191 g/mol. The molecule has 1 aliphatic heterocycles. The second-order valence-electron chi connectivity index (χ2n) is 4.49. The summed E-state index contributed by atoms with van der Waals surface area (Å²) in [6, 6.07) is 10.8. The lowest BCUT2D eigenvalue weighted by Crippen LogP contribution is -2.60. The van der Waals surface area contributed by atoms with Crippen molar-refractivity contribution in [3.05, 3.63) is 35.9 Å². The van der Waals surface area contributed by atoms with E-state index in [4.69, 9.17) is 0 Å². The van der Waals surface area contributed by atoms with Gasteiger partial charge in [0.2, 0.25) is 0 Å². The Hall–Kier alpha value is -0.860. The molecular formula is C12H17NO. The number of hydrogen-bond donors (Lipinski definition) is 1. The molecule has 0 amide bonds. The summed E-state index contributed by atoms with van der Waals surface area (Å²) >= 11 is 0. The summed E-state index contributed by atoms with van der Waals surface area (Å²) in [5, 5.41) is 9.64. The molecule has 1 aromatic carbocycles. The quantitative estimate of drug-likeness (QED) is 0.770. The Morgan fingerprint density at radius 1 is 1.29 bits per heavy atom. The second-order valence-corrected chi connectivity index (χ2v) is 4.49. The maximum atomic E-state index is 9.64. The predicted octanol–water partition coefficient (Wildman–Crippen LogP) is 1.81. The van der Waals surface area contributed by atoms with Gasteiger partial charge in [-0.05, 0) is 19.4 Å². The number of hydrogen-bond acceptors (Lipinski definition) is 2. The van der Waals surface area contributed by atoms with Gasteiger partial charge in [-0.3, -0.25) is 4.90 Å². The van der Waals surface area contributed by atoms with Gasteiger partial charge >= 0.3 is 0 Å². The van der Waals surface area contributed by atoms with Gasteiger partial charge in [0, 0.05) is 19.1 Å².